The SMILES string of the molecule is CC(C)C[C@H](NC(=O)[C@H](CCCCN)NC(=O)[C@H](CCC(=O)O)NC(=O)[C@H](CC(=O)O)NC(=O)[C@@H](NC(=O)[C@H](C)NC(=O)[C@@H]1CCCN1C(=O)[C@H](CC(C)C)NC(=O)[C@H](Cc1ccc(O)cc1)NC(=O)[C@@H](NC(=O)[C@H](CCCCN)NC(=O)[C@H](CCC(=O)O)NC(=O)[C@@H](N)Cc1ccc(O)cc1)[C@@H](C)O)C(C)C)C(=O)O. The van der Waals surface area contributed by atoms with Crippen LogP contribution in [0.15, 0.2) is 48.5 Å². The van der Waals surface area contributed by atoms with Crippen molar-refractivity contribution in [1.82, 2.24) is 63.4 Å². The van der Waals surface area contributed by atoms with Crippen molar-refractivity contribution < 1.29 is 112 Å². The van der Waals surface area contributed by atoms with Gasteiger partial charge in [0.1, 0.15) is 84.0 Å². The van der Waals surface area contributed by atoms with E-state index < -0.39 is 217 Å². The number of carbonyl (C=O) groups excluding carboxylic acids is 12. The minimum absolute atomic E-state index is 0.0201. The summed E-state index contributed by atoms with van der Waals surface area (Å²) in [5.41, 5.74) is 18.4. The number of carboxylic acid groups (broad SMARTS) is 4. The summed E-state index contributed by atoms with van der Waals surface area (Å²) in [5, 5.41) is 96.7. The van der Waals surface area contributed by atoms with Gasteiger partial charge in [-0.3, -0.25) is 71.9 Å². The molecule has 1 aliphatic heterocycles. The lowest BCUT2D eigenvalue weighted by molar-refractivity contribution is -0.143. The standard InChI is InChI=1S/C73H113N15O23/c1-37(2)32-53(84-67(104)51(35-43-19-23-45(91)24-20-43)82-71(108)60(41(8)89)87-66(103)48(15-10-12-30-75)80-64(101)49(25-27-56(92)93)78-62(99)46(76)34-42-17-21-44(90)22-18-42)72(109)88-31-13-16-55(88)69(106)77-40(7)61(98)86-59(39(5)6)70(107)83-52(36-58(96)97)68(105)81-50(26-28-57(94)95)65(102)79-47(14-9-11-29-74)63(100)85-54(73(110)111)33-38(3)4/h17-24,37-41,46-55,59-60,89-91H,9-16,25-36,74-76H2,1-8H3,(H,77,106)(H,78,99)(H,79,102)(H,80,101)(H,81,105)(H,82,108)(H,83,107)(H,84,104)(H,85,100)(H,86,98)(H,87,103)(H,92,93)(H,94,95)(H,96,97)(H,110,111)/t40-,41+,46-,47-,48-,49-,50-,51-,52-,53-,54-,55-,59-,60-/m0/s1. The molecule has 1 saturated heterocycles. The van der Waals surface area contributed by atoms with Crippen LogP contribution in [-0.4, -0.2) is 240 Å². The highest BCUT2D eigenvalue weighted by Crippen LogP contribution is 2.23. The lowest BCUT2D eigenvalue weighted by Gasteiger charge is -2.32. The zero-order chi connectivity index (χ0) is 83.5. The van der Waals surface area contributed by atoms with Crippen LogP contribution in [0.2, 0.25) is 0 Å². The number of carbonyl (C=O) groups is 16. The topological polar surface area (TPSA) is 628 Å². The fourth-order valence-corrected chi connectivity index (χ4v) is 11.9. The number of aliphatic hydroxyl groups excluding tert-OH is 1. The molecule has 1 fully saturated rings. The number of nitrogens with one attached hydrogen (secondary N) is 11. The highest BCUT2D eigenvalue weighted by Gasteiger charge is 2.42. The zero-order valence-corrected chi connectivity index (χ0v) is 63.9. The molecule has 24 N–H and O–H groups in total. The molecule has 1 heterocycles. The van der Waals surface area contributed by atoms with Crippen molar-refractivity contribution in [3.8, 4) is 11.5 Å². The summed E-state index contributed by atoms with van der Waals surface area (Å²) < 4.78 is 0. The van der Waals surface area contributed by atoms with E-state index >= 15 is 0 Å². The van der Waals surface area contributed by atoms with E-state index in [1.54, 1.807) is 27.7 Å². The number of unbranched alkanes of at least 4 members (excludes halogenated alkanes) is 2. The second-order valence-electron chi connectivity index (χ2n) is 28.8. The number of phenols is 2. The van der Waals surface area contributed by atoms with E-state index in [0.717, 1.165) is 6.92 Å². The second kappa shape index (κ2) is 47.5. The van der Waals surface area contributed by atoms with Gasteiger partial charge in [-0.25, -0.2) is 4.79 Å². The number of amides is 12. The summed E-state index contributed by atoms with van der Waals surface area (Å²) in [5.74, 6) is -19.3. The third kappa shape index (κ3) is 33.7. The Kier molecular flexibility index (Phi) is 40.5. The van der Waals surface area contributed by atoms with Crippen LogP contribution in [0, 0.1) is 17.8 Å². The van der Waals surface area contributed by atoms with Crippen LogP contribution in [0.3, 0.4) is 0 Å². The molecule has 0 spiro atoms. The van der Waals surface area contributed by atoms with Gasteiger partial charge in [0.25, 0.3) is 0 Å². The first-order valence-corrected chi connectivity index (χ1v) is 37.1. The lowest BCUT2D eigenvalue weighted by Crippen LogP contribution is -2.62. The number of nitrogens with zero attached hydrogens (tertiary/aromatic N) is 1. The van der Waals surface area contributed by atoms with Gasteiger partial charge in [0, 0.05) is 25.8 Å². The molecule has 618 valence electrons. The summed E-state index contributed by atoms with van der Waals surface area (Å²) in [7, 11) is 0. The van der Waals surface area contributed by atoms with Crippen molar-refractivity contribution in [3.05, 3.63) is 59.7 Å². The Hall–Kier alpha value is -10.6. The number of carboxylic acids is 4. The molecule has 0 aromatic heterocycles. The van der Waals surface area contributed by atoms with Gasteiger partial charge in [-0.1, -0.05) is 65.8 Å². The molecular formula is C73H113N15O23. The molecule has 0 aliphatic carbocycles. The Bertz CT molecular complexity index is 3510. The highest BCUT2D eigenvalue weighted by molar-refractivity contribution is 6.00. The largest absolute Gasteiger partial charge is 0.508 e. The van der Waals surface area contributed by atoms with E-state index in [1.807, 2.05) is 0 Å². The molecule has 1 aliphatic rings. The number of likely N-dealkylation sites (tertiary alicyclic amines) is 1. The van der Waals surface area contributed by atoms with Crippen molar-refractivity contribution in [2.75, 3.05) is 19.6 Å². The average molecular weight is 1570 g/mol. The number of aromatic hydroxyl groups is 2. The third-order valence-electron chi connectivity index (χ3n) is 18.0. The van der Waals surface area contributed by atoms with Gasteiger partial charge in [-0.2, -0.15) is 0 Å². The maximum Gasteiger partial charge on any atom is 0.326 e. The van der Waals surface area contributed by atoms with Crippen molar-refractivity contribution in [1.29, 1.82) is 0 Å². The van der Waals surface area contributed by atoms with E-state index in [4.69, 9.17) is 17.2 Å². The molecule has 12 amide bonds. The smallest absolute Gasteiger partial charge is 0.326 e. The minimum atomic E-state index is -1.99. The van der Waals surface area contributed by atoms with Gasteiger partial charge in [0.2, 0.25) is 70.9 Å². The van der Waals surface area contributed by atoms with Crippen molar-refractivity contribution in [2.24, 2.45) is 35.0 Å². The molecule has 3 rings (SSSR count). The van der Waals surface area contributed by atoms with Gasteiger partial charge < -0.3 is 116 Å². The Morgan fingerprint density at radius 3 is 1.26 bits per heavy atom. The van der Waals surface area contributed by atoms with Gasteiger partial charge in [0.05, 0.1) is 18.6 Å². The minimum Gasteiger partial charge on any atom is -0.508 e. The van der Waals surface area contributed by atoms with E-state index in [0.29, 0.717) is 24.0 Å². The number of aliphatic hydroxyl groups is 1. The molecule has 0 radical (unpaired) electrons. The number of rotatable bonds is 50. The fourth-order valence-electron chi connectivity index (χ4n) is 11.9. The number of aliphatic carboxylic acids is 4. The van der Waals surface area contributed by atoms with Crippen LogP contribution < -0.4 is 75.7 Å². The normalized spacial score (nSPS) is 16.2. The summed E-state index contributed by atoms with van der Waals surface area (Å²) in [4.78, 5) is 218. The van der Waals surface area contributed by atoms with E-state index in [2.05, 4.69) is 58.5 Å². The quantitative estimate of drug-likeness (QED) is 0.0298. The lowest BCUT2D eigenvalue weighted by atomic mass is 9.99. The van der Waals surface area contributed by atoms with Crippen LogP contribution in [0.1, 0.15) is 163 Å². The zero-order valence-electron chi connectivity index (χ0n) is 63.9. The molecule has 2 aromatic rings. The van der Waals surface area contributed by atoms with Gasteiger partial charge >= 0.3 is 23.9 Å². The fraction of sp³-hybridized carbons (Fsp3) is 0.616. The van der Waals surface area contributed by atoms with Crippen molar-refractivity contribution in [3.63, 3.8) is 0 Å². The Labute approximate surface area is 643 Å². The van der Waals surface area contributed by atoms with E-state index in [9.17, 15) is 112 Å². The van der Waals surface area contributed by atoms with Gasteiger partial charge in [-0.05, 0) is 164 Å². The molecule has 14 atom stereocenters. The van der Waals surface area contributed by atoms with Crippen LogP contribution >= 0.6 is 0 Å². The van der Waals surface area contributed by atoms with Crippen LogP contribution in [-0.2, 0) is 89.6 Å². The molecule has 38 nitrogen and oxygen atoms in total. The summed E-state index contributed by atoms with van der Waals surface area (Å²) in [6.45, 7) is 12.6. The molecule has 111 heavy (non-hydrogen) atoms. The molecule has 38 heteroatoms. The second-order valence-corrected chi connectivity index (χ2v) is 28.8. The summed E-state index contributed by atoms with van der Waals surface area (Å²) in [6, 6.07) is -8.80. The number of nitrogens with two attached hydrogens (primary N) is 3. The predicted molar refractivity (Wildman–Crippen MR) is 398 cm³/mol. The maximum atomic E-state index is 14.8. The molecule has 0 unspecified atom stereocenters. The van der Waals surface area contributed by atoms with Gasteiger partial charge in [0.15, 0.2) is 0 Å². The van der Waals surface area contributed by atoms with Crippen molar-refractivity contribution in [2.45, 2.75) is 249 Å². The van der Waals surface area contributed by atoms with Crippen LogP contribution in [0.25, 0.3) is 0 Å². The van der Waals surface area contributed by atoms with Crippen molar-refractivity contribution >= 4 is 94.8 Å². The first-order valence-electron chi connectivity index (χ1n) is 37.1. The highest BCUT2D eigenvalue weighted by atomic mass is 16.4. The summed E-state index contributed by atoms with van der Waals surface area (Å²) >= 11 is 0. The number of hydrogen-bond donors (Lipinski definition) is 21. The Morgan fingerprint density at radius 2 is 0.820 bits per heavy atom. The maximum absolute atomic E-state index is 14.8. The van der Waals surface area contributed by atoms with E-state index in [-0.39, 0.29) is 107 Å². The predicted octanol–water partition coefficient (Wildman–Crippen LogP) is -2.77. The van der Waals surface area contributed by atoms with Crippen LogP contribution in [0.5, 0.6) is 11.5 Å². The number of benzene rings is 2. The molecule has 0 bridgehead atoms. The van der Waals surface area contributed by atoms with Crippen LogP contribution in [0.4, 0.5) is 0 Å². The first-order chi connectivity index (χ1) is 52.2. The monoisotopic (exact) mass is 1570 g/mol. The average Bonchev–Trinajstić information content (AvgIpc) is 1.63. The first kappa shape index (κ1) is 94.6. The summed E-state index contributed by atoms with van der Waals surface area (Å²) in [6.07, 6.45) is -4.37. The van der Waals surface area contributed by atoms with E-state index in [1.165, 1.54) is 74.2 Å². The number of hydrogen-bond acceptors (Lipinski definition) is 22. The molecule has 2 aromatic carbocycles. The molecular weight excluding hydrogens is 1450 g/mol. The Morgan fingerprint density at radius 1 is 0.432 bits per heavy atom. The molecule has 0 saturated carbocycles. The number of phenolic OH excluding ortho intramolecular Hbond substituents is 2. The third-order valence-corrected chi connectivity index (χ3v) is 18.0. The van der Waals surface area contributed by atoms with Gasteiger partial charge in [-0.15, -0.1) is 0 Å². The Balaban J connectivity index is 1.87.